The predicted octanol–water partition coefficient (Wildman–Crippen LogP) is 1.95. The third-order valence-electron chi connectivity index (χ3n) is 4.14. The molecule has 1 saturated carbocycles. The van der Waals surface area contributed by atoms with Gasteiger partial charge in [-0.3, -0.25) is 4.90 Å². The van der Waals surface area contributed by atoms with Crippen molar-refractivity contribution >= 4 is 0 Å². The molecule has 88 valence electrons. The van der Waals surface area contributed by atoms with Crippen LogP contribution in [0.3, 0.4) is 0 Å². The van der Waals surface area contributed by atoms with Crippen LogP contribution in [0.5, 0.6) is 0 Å². The summed E-state index contributed by atoms with van der Waals surface area (Å²) in [6.45, 7) is 4.74. The summed E-state index contributed by atoms with van der Waals surface area (Å²) in [5, 5.41) is 3.72. The molecule has 1 atom stereocenters. The highest BCUT2D eigenvalue weighted by Crippen LogP contribution is 2.33. The van der Waals surface area contributed by atoms with Crippen LogP contribution in [-0.2, 0) is 0 Å². The zero-order valence-corrected chi connectivity index (χ0v) is 9.77. The van der Waals surface area contributed by atoms with E-state index >= 15 is 0 Å². The number of piperazine rings is 1. The van der Waals surface area contributed by atoms with E-state index in [2.05, 4.69) is 17.1 Å². The minimum Gasteiger partial charge on any atom is -0.308 e. The van der Waals surface area contributed by atoms with E-state index in [4.69, 9.17) is 0 Å². The fourth-order valence-electron chi connectivity index (χ4n) is 3.20. The molecule has 2 nitrogen and oxygen atoms in total. The highest BCUT2D eigenvalue weighted by atomic mass is 19.1. The second-order valence-electron chi connectivity index (χ2n) is 5.09. The molecule has 1 unspecified atom stereocenters. The molecule has 0 aromatic carbocycles. The third kappa shape index (κ3) is 2.34. The molecular formula is C12H23FN2. The number of rotatable bonds is 3. The summed E-state index contributed by atoms with van der Waals surface area (Å²) < 4.78 is 12.5. The Morgan fingerprint density at radius 3 is 2.73 bits per heavy atom. The molecule has 15 heavy (non-hydrogen) atoms. The molecule has 1 N–H and O–H groups in total. The second-order valence-corrected chi connectivity index (χ2v) is 5.09. The van der Waals surface area contributed by atoms with Gasteiger partial charge in [-0.25, -0.2) is 4.39 Å². The Bertz CT molecular complexity index is 202. The van der Waals surface area contributed by atoms with Crippen molar-refractivity contribution in [2.24, 2.45) is 0 Å². The van der Waals surface area contributed by atoms with Gasteiger partial charge in [-0.15, -0.1) is 0 Å². The molecule has 2 aliphatic rings. The lowest BCUT2D eigenvalue weighted by atomic mass is 9.92. The Morgan fingerprint density at radius 1 is 1.40 bits per heavy atom. The first-order chi connectivity index (χ1) is 7.29. The molecule has 0 radical (unpaired) electrons. The second kappa shape index (κ2) is 4.79. The maximum Gasteiger partial charge on any atom is 0.102 e. The molecule has 0 aromatic rings. The van der Waals surface area contributed by atoms with Crippen molar-refractivity contribution in [3.05, 3.63) is 0 Å². The van der Waals surface area contributed by atoms with Crippen LogP contribution < -0.4 is 5.32 Å². The molecule has 2 rings (SSSR count). The Morgan fingerprint density at radius 2 is 2.13 bits per heavy atom. The van der Waals surface area contributed by atoms with Crippen LogP contribution >= 0.6 is 0 Å². The number of alkyl halides is 1. The molecular weight excluding hydrogens is 191 g/mol. The monoisotopic (exact) mass is 214 g/mol. The van der Waals surface area contributed by atoms with Gasteiger partial charge >= 0.3 is 0 Å². The van der Waals surface area contributed by atoms with Crippen LogP contribution in [0.25, 0.3) is 0 Å². The molecule has 1 saturated heterocycles. The average Bonchev–Trinajstić information content (AvgIpc) is 2.68. The number of hydrogen-bond acceptors (Lipinski definition) is 2. The number of nitrogens with zero attached hydrogens (tertiary/aromatic N) is 1. The van der Waals surface area contributed by atoms with E-state index in [0.717, 1.165) is 19.5 Å². The van der Waals surface area contributed by atoms with Crippen molar-refractivity contribution in [3.63, 3.8) is 0 Å². The quantitative estimate of drug-likeness (QED) is 0.772. The van der Waals surface area contributed by atoms with E-state index in [9.17, 15) is 4.39 Å². The molecule has 1 aliphatic carbocycles. The molecule has 3 heteroatoms. The minimum absolute atomic E-state index is 0.202. The van der Waals surface area contributed by atoms with Gasteiger partial charge in [0, 0.05) is 31.2 Å². The van der Waals surface area contributed by atoms with Crippen LogP contribution in [0, 0.1) is 0 Å². The van der Waals surface area contributed by atoms with Gasteiger partial charge in [-0.2, -0.15) is 0 Å². The van der Waals surface area contributed by atoms with E-state index in [1.54, 1.807) is 0 Å². The zero-order valence-electron chi connectivity index (χ0n) is 9.77. The van der Waals surface area contributed by atoms with Crippen molar-refractivity contribution in [2.75, 3.05) is 26.3 Å². The Balaban J connectivity index is 1.98. The summed E-state index contributed by atoms with van der Waals surface area (Å²) in [5.74, 6) is 0. The first kappa shape index (κ1) is 11.3. The van der Waals surface area contributed by atoms with Gasteiger partial charge in [-0.05, 0) is 19.3 Å². The summed E-state index contributed by atoms with van der Waals surface area (Å²) in [6, 6.07) is 0.548. The van der Waals surface area contributed by atoms with Crippen LogP contribution in [0.2, 0.25) is 0 Å². The molecule has 1 heterocycles. The Labute approximate surface area is 92.2 Å². The lowest BCUT2D eigenvalue weighted by Gasteiger charge is -2.46. The summed E-state index contributed by atoms with van der Waals surface area (Å²) in [5.41, 5.74) is 0.334. The molecule has 0 aromatic heterocycles. The predicted molar refractivity (Wildman–Crippen MR) is 60.8 cm³/mol. The van der Waals surface area contributed by atoms with Crippen LogP contribution in [-0.4, -0.2) is 42.8 Å². The van der Waals surface area contributed by atoms with Crippen LogP contribution in [0.1, 0.15) is 39.0 Å². The smallest absolute Gasteiger partial charge is 0.102 e. The van der Waals surface area contributed by atoms with Gasteiger partial charge in [0.1, 0.15) is 6.67 Å². The van der Waals surface area contributed by atoms with Crippen LogP contribution in [0.4, 0.5) is 4.39 Å². The maximum atomic E-state index is 12.5. The third-order valence-corrected chi connectivity index (χ3v) is 4.14. The lowest BCUT2D eigenvalue weighted by Crippen LogP contribution is -2.63. The Hall–Kier alpha value is -0.150. The summed E-state index contributed by atoms with van der Waals surface area (Å²) in [4.78, 5) is 2.36. The number of hydrogen-bond donors (Lipinski definition) is 1. The number of halogens is 1. The maximum absolute atomic E-state index is 12.5. The number of nitrogens with one attached hydrogen (secondary N) is 1. The Kier molecular flexibility index (Phi) is 3.62. The molecule has 0 amide bonds. The first-order valence-corrected chi connectivity index (χ1v) is 6.35. The highest BCUT2D eigenvalue weighted by molar-refractivity contribution is 5.00. The van der Waals surface area contributed by atoms with E-state index in [1.807, 2.05) is 0 Å². The van der Waals surface area contributed by atoms with Gasteiger partial charge in [0.15, 0.2) is 0 Å². The fraction of sp³-hybridized carbons (Fsp3) is 1.00. The van der Waals surface area contributed by atoms with Crippen molar-refractivity contribution < 1.29 is 4.39 Å². The average molecular weight is 214 g/mol. The SMILES string of the molecule is CCC1CNC2(CCCC2)CN1CCF. The van der Waals surface area contributed by atoms with E-state index in [-0.39, 0.29) is 6.67 Å². The molecule has 0 bridgehead atoms. The highest BCUT2D eigenvalue weighted by Gasteiger charge is 2.40. The first-order valence-electron chi connectivity index (χ1n) is 6.35. The largest absolute Gasteiger partial charge is 0.308 e. The van der Waals surface area contributed by atoms with E-state index in [0.29, 0.717) is 18.1 Å². The van der Waals surface area contributed by atoms with Crippen LogP contribution in [0.15, 0.2) is 0 Å². The zero-order chi connectivity index (χ0) is 10.7. The molecule has 2 fully saturated rings. The van der Waals surface area contributed by atoms with Gasteiger partial charge in [0.05, 0.1) is 0 Å². The summed E-state index contributed by atoms with van der Waals surface area (Å²) >= 11 is 0. The van der Waals surface area contributed by atoms with Crippen molar-refractivity contribution in [1.29, 1.82) is 0 Å². The van der Waals surface area contributed by atoms with Crippen molar-refractivity contribution in [3.8, 4) is 0 Å². The van der Waals surface area contributed by atoms with Crippen molar-refractivity contribution in [2.45, 2.75) is 50.6 Å². The topological polar surface area (TPSA) is 15.3 Å². The standard InChI is InChI=1S/C12H23FN2/c1-2-11-9-14-12(5-3-4-6-12)10-15(11)8-7-13/h11,14H,2-10H2,1H3. The van der Waals surface area contributed by atoms with Gasteiger partial charge in [0.25, 0.3) is 0 Å². The van der Waals surface area contributed by atoms with Crippen molar-refractivity contribution in [1.82, 2.24) is 10.2 Å². The van der Waals surface area contributed by atoms with E-state index < -0.39 is 0 Å². The molecule has 1 spiro atoms. The van der Waals surface area contributed by atoms with E-state index in [1.165, 1.54) is 25.7 Å². The normalized spacial score (nSPS) is 31.2. The van der Waals surface area contributed by atoms with Gasteiger partial charge in [-0.1, -0.05) is 19.8 Å². The fourth-order valence-corrected chi connectivity index (χ4v) is 3.20. The summed E-state index contributed by atoms with van der Waals surface area (Å²) in [6.07, 6.45) is 6.38. The molecule has 1 aliphatic heterocycles. The van der Waals surface area contributed by atoms with Gasteiger partial charge < -0.3 is 5.32 Å². The van der Waals surface area contributed by atoms with Gasteiger partial charge in [0.2, 0.25) is 0 Å². The summed E-state index contributed by atoms with van der Waals surface area (Å²) in [7, 11) is 0. The lowest BCUT2D eigenvalue weighted by molar-refractivity contribution is 0.0729. The minimum atomic E-state index is -0.202.